The second-order valence-electron chi connectivity index (χ2n) is 5.57. The first kappa shape index (κ1) is 8.41. The molecule has 1 aliphatic rings. The largest absolute Gasteiger partial charge is 0.496 e. The number of aliphatic hydroxyl groups excluding tert-OH is 1. The van der Waals surface area contributed by atoms with Crippen LogP contribution in [0.3, 0.4) is 0 Å². The molecule has 1 aliphatic heterocycles. The van der Waals surface area contributed by atoms with Crippen LogP contribution >= 0.6 is 0 Å². The quantitative estimate of drug-likeness (QED) is 0.830. The first-order chi connectivity index (χ1) is 17.5. The molecule has 1 fully saturated rings. The summed E-state index contributed by atoms with van der Waals surface area (Å²) in [6.45, 7) is -10.2. The van der Waals surface area contributed by atoms with Crippen molar-refractivity contribution in [2.24, 2.45) is 5.89 Å². The van der Waals surface area contributed by atoms with Gasteiger partial charge in [0.2, 0.25) is 0 Å². The normalized spacial score (nSPS) is 34.7. The molecule has 140 valence electrons. The molecule has 4 heteroatoms. The van der Waals surface area contributed by atoms with E-state index >= 15 is 0 Å². The number of para-hydroxylation sites is 1. The Hall–Kier alpha value is -1.91. The average Bonchev–Trinajstić information content (AvgIpc) is 2.81. The molecule has 0 amide bonds. The summed E-state index contributed by atoms with van der Waals surface area (Å²) >= 11 is 0. The monoisotopic (exact) mass is 370 g/mol. The van der Waals surface area contributed by atoms with Crippen molar-refractivity contribution >= 4 is 0 Å². The summed E-state index contributed by atoms with van der Waals surface area (Å²) in [6, 6.07) is 7.38. The van der Waals surface area contributed by atoms with Gasteiger partial charge >= 0.3 is 0 Å². The van der Waals surface area contributed by atoms with Crippen molar-refractivity contribution in [1.29, 1.82) is 0 Å². The van der Waals surface area contributed by atoms with Gasteiger partial charge in [0.05, 0.1) is 13.2 Å². The summed E-state index contributed by atoms with van der Waals surface area (Å²) in [5.41, 5.74) is -0.495. The molecule has 0 aromatic heterocycles. The molecule has 3 nitrogen and oxygen atoms in total. The van der Waals surface area contributed by atoms with Crippen LogP contribution < -0.4 is 4.74 Å². The number of nitrogens with zero attached hydrogens (tertiary/aromatic N) is 1. The number of benzene rings is 2. The predicted molar refractivity (Wildman–Crippen MR) is 102 cm³/mol. The molecular formula is C22H28FNO2. The van der Waals surface area contributed by atoms with Gasteiger partial charge in [0.1, 0.15) is 11.6 Å². The Balaban J connectivity index is 2.31. The van der Waals surface area contributed by atoms with Gasteiger partial charge in [-0.2, -0.15) is 0 Å². The van der Waals surface area contributed by atoms with Gasteiger partial charge in [-0.15, -0.1) is 0 Å². The molecule has 2 aromatic rings. The number of hydrogen-bond acceptors (Lipinski definition) is 3. The molecule has 1 saturated heterocycles. The molecule has 0 saturated carbocycles. The number of aliphatic hydroxyl groups is 1. The zero-order valence-electron chi connectivity index (χ0n) is 27.3. The van der Waals surface area contributed by atoms with Crippen LogP contribution in [0.2, 0.25) is 0 Å². The number of ether oxygens (including phenoxy) is 1. The maximum atomic E-state index is 13.5. The molecule has 3 rings (SSSR count). The molecule has 2 aromatic carbocycles. The zero-order valence-corrected chi connectivity index (χ0v) is 14.3. The van der Waals surface area contributed by atoms with E-state index in [4.69, 9.17) is 22.6 Å². The van der Waals surface area contributed by atoms with Crippen LogP contribution in [-0.4, -0.2) is 36.6 Å². The van der Waals surface area contributed by atoms with Crippen molar-refractivity contribution in [2.45, 2.75) is 32.1 Å². The topological polar surface area (TPSA) is 32.7 Å². The SMILES string of the molecule is [2H]C([2H])(c1ccc(F)cc1)C([2H])([2H])N1C([2H])([2H])C([2H])([2H])C([2H])([C@@H](O)c2cccc(C)c2OC)C([2H])([2H])C1([2H])[2H]. The lowest BCUT2D eigenvalue weighted by Crippen LogP contribution is -2.36. The Kier molecular flexibility index (Phi) is 2.80. The molecule has 1 heterocycles. The number of hydrogen-bond donors (Lipinski definition) is 1. The lowest BCUT2D eigenvalue weighted by atomic mass is 9.86. The lowest BCUT2D eigenvalue weighted by molar-refractivity contribution is 0.0575. The molecule has 26 heavy (non-hydrogen) atoms. The van der Waals surface area contributed by atoms with Crippen LogP contribution in [0.15, 0.2) is 42.5 Å². The van der Waals surface area contributed by atoms with Crippen molar-refractivity contribution in [1.82, 2.24) is 4.90 Å². The number of methoxy groups -OCH3 is 1. The fraction of sp³-hybridized carbons (Fsp3) is 0.455. The van der Waals surface area contributed by atoms with Crippen LogP contribution in [0.25, 0.3) is 0 Å². The van der Waals surface area contributed by atoms with E-state index in [1.807, 2.05) is 0 Å². The molecule has 0 bridgehead atoms. The molecule has 1 N–H and O–H groups in total. The number of likely N-dealkylation sites (tertiary alicyclic amines) is 1. The van der Waals surface area contributed by atoms with E-state index in [2.05, 4.69) is 0 Å². The van der Waals surface area contributed by atoms with E-state index in [-0.39, 0.29) is 11.3 Å². The van der Waals surface area contributed by atoms with Crippen LogP contribution in [0.5, 0.6) is 5.75 Å². The highest BCUT2D eigenvalue weighted by Crippen LogP contribution is 2.36. The van der Waals surface area contributed by atoms with Crippen molar-refractivity contribution in [2.75, 3.05) is 26.6 Å². The predicted octanol–water partition coefficient (Wildman–Crippen LogP) is 4.13. The van der Waals surface area contributed by atoms with E-state index in [1.165, 1.54) is 19.2 Å². The van der Waals surface area contributed by atoms with E-state index in [0.717, 1.165) is 24.3 Å². The molecule has 0 radical (unpaired) electrons. The summed E-state index contributed by atoms with van der Waals surface area (Å²) in [6.07, 6.45) is -13.7. The fourth-order valence-corrected chi connectivity index (χ4v) is 2.46. The molecule has 0 spiro atoms. The fourth-order valence-electron chi connectivity index (χ4n) is 2.46. The minimum Gasteiger partial charge on any atom is -0.496 e. The number of halogens is 1. The second-order valence-corrected chi connectivity index (χ2v) is 5.57. The van der Waals surface area contributed by atoms with Crippen molar-refractivity contribution < 1.29 is 32.1 Å². The molecule has 0 aliphatic carbocycles. The molecular weight excluding hydrogens is 329 g/mol. The smallest absolute Gasteiger partial charge is 0.127 e. The summed E-state index contributed by atoms with van der Waals surface area (Å²) in [7, 11) is 1.20. The molecule has 1 atom stereocenters. The Morgan fingerprint density at radius 3 is 2.65 bits per heavy atom. The Morgan fingerprint density at radius 2 is 2.00 bits per heavy atom. The van der Waals surface area contributed by atoms with Crippen molar-refractivity contribution in [3.63, 3.8) is 0 Å². The van der Waals surface area contributed by atoms with Gasteiger partial charge in [0.15, 0.2) is 0 Å². The lowest BCUT2D eigenvalue weighted by Gasteiger charge is -2.34. The third-order valence-electron chi connectivity index (χ3n) is 3.78. The Labute approximate surface area is 173 Å². The maximum Gasteiger partial charge on any atom is 0.127 e. The van der Waals surface area contributed by atoms with Gasteiger partial charge in [0, 0.05) is 29.9 Å². The van der Waals surface area contributed by atoms with Crippen LogP contribution in [-0.2, 0) is 6.37 Å². The number of rotatable bonds is 6. The van der Waals surface area contributed by atoms with E-state index in [9.17, 15) is 9.50 Å². The zero-order chi connectivity index (χ0) is 30.2. The highest BCUT2D eigenvalue weighted by molar-refractivity contribution is 5.42. The second kappa shape index (κ2) is 8.65. The highest BCUT2D eigenvalue weighted by Gasteiger charge is 2.28. The summed E-state index contributed by atoms with van der Waals surface area (Å²) in [5, 5.41) is 11.3. The standard InChI is InChI=1S/C22H28FNO2/c1-16-4-3-5-20(22(16)26-2)21(25)18-11-14-24(15-12-18)13-10-17-6-8-19(23)9-7-17/h3-9,18,21,25H,10-15H2,1-2H3/t21-/m1/s1/i10D2,11D2,12D2,13D2,14D2,15D2,18D. The number of aryl methyl sites for hydroxylation is 2. The van der Waals surface area contributed by atoms with Gasteiger partial charge in [0.25, 0.3) is 0 Å². The van der Waals surface area contributed by atoms with Crippen LogP contribution in [0.4, 0.5) is 4.39 Å². The van der Waals surface area contributed by atoms with Crippen molar-refractivity contribution in [3.05, 3.63) is 65.0 Å². The van der Waals surface area contributed by atoms with Gasteiger partial charge < -0.3 is 14.7 Å². The summed E-state index contributed by atoms with van der Waals surface area (Å²) < 4.78 is 130. The van der Waals surface area contributed by atoms with Gasteiger partial charge in [-0.1, -0.05) is 30.3 Å². The first-order valence-electron chi connectivity index (χ1n) is 14.4. The maximum absolute atomic E-state index is 13.5. The van der Waals surface area contributed by atoms with Gasteiger partial charge in [-0.3, -0.25) is 0 Å². The van der Waals surface area contributed by atoms with E-state index < -0.39 is 66.9 Å². The summed E-state index contributed by atoms with van der Waals surface area (Å²) in [5.74, 6) is -4.55. The van der Waals surface area contributed by atoms with Crippen LogP contribution in [0.1, 0.15) is 53.4 Å². The van der Waals surface area contributed by atoms with Crippen LogP contribution in [0, 0.1) is 18.6 Å². The average molecular weight is 371 g/mol. The minimum atomic E-state index is -3.95. The number of piperidine rings is 1. The van der Waals surface area contributed by atoms with Crippen molar-refractivity contribution in [3.8, 4) is 5.75 Å². The minimum absolute atomic E-state index is 0.0743. The van der Waals surface area contributed by atoms with Gasteiger partial charge in [-0.25, -0.2) is 4.39 Å². The first-order valence-corrected chi connectivity index (χ1v) is 7.87. The third kappa shape index (κ3) is 4.43. The summed E-state index contributed by atoms with van der Waals surface area (Å²) in [4.78, 5) is -0.538. The Morgan fingerprint density at radius 1 is 1.31 bits per heavy atom. The highest BCUT2D eigenvalue weighted by atomic mass is 19.1. The van der Waals surface area contributed by atoms with E-state index in [1.54, 1.807) is 13.0 Å². The third-order valence-corrected chi connectivity index (χ3v) is 3.78. The Bertz CT molecular complexity index is 1210. The van der Waals surface area contributed by atoms with Gasteiger partial charge in [-0.05, 0) is 68.2 Å². The van der Waals surface area contributed by atoms with E-state index in [0.29, 0.717) is 5.56 Å². The molecule has 0 unspecified atom stereocenters.